The first-order chi connectivity index (χ1) is 23.8. The number of pyridine rings is 2. The average Bonchev–Trinajstić information content (AvgIpc) is 3.43. The van der Waals surface area contributed by atoms with Crippen LogP contribution in [0.25, 0.3) is 21.6 Å². The Morgan fingerprint density at radius 3 is 2.65 bits per heavy atom. The molecule has 0 aromatic carbocycles. The molecular weight excluding hydrogens is 646 g/mol. The fourth-order valence-electron chi connectivity index (χ4n) is 6.80. The van der Waals surface area contributed by atoms with Gasteiger partial charge in [-0.3, -0.25) is 19.4 Å². The number of amides is 3. The van der Waals surface area contributed by atoms with Gasteiger partial charge in [-0.1, -0.05) is 31.1 Å². The molecule has 13 heteroatoms. The molecule has 0 unspecified atom stereocenters. The molecule has 260 valence electrons. The molecule has 4 heterocycles. The Hall–Kier alpha value is -4.52. The van der Waals surface area contributed by atoms with Gasteiger partial charge in [-0.2, -0.15) is 0 Å². The van der Waals surface area contributed by atoms with Crippen LogP contribution in [0.3, 0.4) is 0 Å². The summed E-state index contributed by atoms with van der Waals surface area (Å²) in [6.07, 6.45) is 12.4. The van der Waals surface area contributed by atoms with E-state index in [4.69, 9.17) is 25.3 Å². The van der Waals surface area contributed by atoms with E-state index >= 15 is 0 Å². The molecule has 0 radical (unpaired) electrons. The minimum atomic E-state index is -0.897. The van der Waals surface area contributed by atoms with E-state index in [-0.39, 0.29) is 30.9 Å². The van der Waals surface area contributed by atoms with Crippen LogP contribution in [0, 0.1) is 11.8 Å². The summed E-state index contributed by atoms with van der Waals surface area (Å²) in [6.45, 7) is 0.125. The number of aromatic nitrogens is 2. The lowest BCUT2D eigenvalue weighted by molar-refractivity contribution is -0.139. The van der Waals surface area contributed by atoms with E-state index < -0.39 is 42.1 Å². The maximum absolute atomic E-state index is 14.1. The number of aliphatic carboxylic acids is 1. The highest BCUT2D eigenvalue weighted by Crippen LogP contribution is 2.40. The zero-order chi connectivity index (χ0) is 34.3. The average molecular weight is 690 g/mol. The monoisotopic (exact) mass is 689 g/mol. The lowest BCUT2D eigenvalue weighted by Gasteiger charge is -2.28. The molecule has 3 aliphatic rings. The Labute approximate surface area is 289 Å². The zero-order valence-corrected chi connectivity index (χ0v) is 28.2. The van der Waals surface area contributed by atoms with Crippen LogP contribution in [0.15, 0.2) is 54.1 Å². The second-order valence-corrected chi connectivity index (χ2v) is 14.1. The first kappa shape index (κ1) is 34.3. The number of carbonyl (C=O) groups is 4. The fraction of sp³-hybridized carbons (Fsp3) is 0.500. The maximum atomic E-state index is 14.1. The molecular formula is C36H43N5O7S. The number of ether oxygens (including phenoxy) is 2. The van der Waals surface area contributed by atoms with Crippen molar-refractivity contribution < 1.29 is 33.8 Å². The Morgan fingerprint density at radius 1 is 1.08 bits per heavy atom. The van der Waals surface area contributed by atoms with Gasteiger partial charge in [0.05, 0.1) is 34.1 Å². The van der Waals surface area contributed by atoms with Crippen LogP contribution in [-0.2, 0) is 19.1 Å². The molecule has 2 saturated carbocycles. The number of likely N-dealkylation sites (tertiary alicyclic amines) is 1. The normalized spacial score (nSPS) is 22.7. The quantitative estimate of drug-likeness (QED) is 0.138. The van der Waals surface area contributed by atoms with E-state index in [0.717, 1.165) is 55.2 Å². The van der Waals surface area contributed by atoms with Crippen molar-refractivity contribution in [2.45, 2.75) is 94.9 Å². The first-order valence-electron chi connectivity index (χ1n) is 17.2. The third-order valence-electron chi connectivity index (χ3n) is 9.54. The van der Waals surface area contributed by atoms with Gasteiger partial charge in [0.15, 0.2) is 0 Å². The second-order valence-electron chi connectivity index (χ2n) is 13.2. The fourth-order valence-corrected chi connectivity index (χ4v) is 7.59. The first-order valence-corrected chi connectivity index (χ1v) is 18.1. The number of primary amides is 1. The number of nitrogens with one attached hydrogen (secondary N) is 1. The van der Waals surface area contributed by atoms with E-state index in [1.54, 1.807) is 6.20 Å². The van der Waals surface area contributed by atoms with Crippen LogP contribution in [0.4, 0.5) is 4.79 Å². The van der Waals surface area contributed by atoms with Crippen LogP contribution in [-0.4, -0.2) is 74.7 Å². The van der Waals surface area contributed by atoms with E-state index in [9.17, 15) is 19.2 Å². The van der Waals surface area contributed by atoms with Crippen molar-refractivity contribution in [2.75, 3.05) is 6.54 Å². The van der Waals surface area contributed by atoms with Gasteiger partial charge < -0.3 is 30.5 Å². The molecule has 0 spiro atoms. The highest BCUT2D eigenvalue weighted by molar-refractivity contribution is 7.17. The molecule has 5 atom stereocenters. The van der Waals surface area contributed by atoms with Gasteiger partial charge in [0.2, 0.25) is 11.8 Å². The molecule has 6 rings (SSSR count). The van der Waals surface area contributed by atoms with Crippen LogP contribution < -0.4 is 15.8 Å². The van der Waals surface area contributed by atoms with E-state index in [1.165, 1.54) is 16.2 Å². The standard InChI is InChI=1S/C36H43N5O7S/c37-33(42)30-19-24(47-31-20-29(26-13-8-9-16-38-26)39-27-15-17-49-32(27)31)21-41(30)34(43)28(40-36(46)48-23-11-6-7-12-23)14-5-3-1-2-4-10-22-18-25(22)35(44)45/h4,8-10,13,15-17,20,22-25,28,30H,1-3,5-7,11-12,14,18-19,21H2,(H2,37,42)(H,40,46)(H,44,45)/b10-4-/t22-,24-,25+,28+,30+/m1/s1. The molecule has 49 heavy (non-hydrogen) atoms. The number of hydrogen-bond donors (Lipinski definition) is 3. The van der Waals surface area contributed by atoms with Crippen molar-refractivity contribution in [3.8, 4) is 17.1 Å². The maximum Gasteiger partial charge on any atom is 0.408 e. The summed E-state index contributed by atoms with van der Waals surface area (Å²) in [5, 5.41) is 13.8. The van der Waals surface area contributed by atoms with Crippen molar-refractivity contribution in [2.24, 2.45) is 17.6 Å². The van der Waals surface area contributed by atoms with Crippen molar-refractivity contribution >= 4 is 45.4 Å². The minimum absolute atomic E-state index is 0.124. The summed E-state index contributed by atoms with van der Waals surface area (Å²) in [7, 11) is 0. The number of carbonyl (C=O) groups excluding carboxylic acids is 3. The Balaban J connectivity index is 1.11. The van der Waals surface area contributed by atoms with Gasteiger partial charge in [0.1, 0.15) is 30.0 Å². The van der Waals surface area contributed by atoms with Gasteiger partial charge >= 0.3 is 12.1 Å². The van der Waals surface area contributed by atoms with Crippen LogP contribution in [0.5, 0.6) is 5.75 Å². The van der Waals surface area contributed by atoms with Crippen molar-refractivity contribution in [1.29, 1.82) is 0 Å². The van der Waals surface area contributed by atoms with Crippen molar-refractivity contribution in [3.05, 3.63) is 54.1 Å². The van der Waals surface area contributed by atoms with Gasteiger partial charge in [-0.15, -0.1) is 11.3 Å². The number of unbranched alkanes of at least 4 members (excludes halogenated alkanes) is 3. The highest BCUT2D eigenvalue weighted by atomic mass is 32.1. The molecule has 1 aliphatic heterocycles. The van der Waals surface area contributed by atoms with E-state index in [0.29, 0.717) is 36.4 Å². The summed E-state index contributed by atoms with van der Waals surface area (Å²) in [5.74, 6) is -1.32. The number of allylic oxidation sites excluding steroid dienone is 2. The lowest BCUT2D eigenvalue weighted by atomic mass is 10.0. The summed E-state index contributed by atoms with van der Waals surface area (Å²) >= 11 is 1.49. The highest BCUT2D eigenvalue weighted by Gasteiger charge is 2.43. The smallest absolute Gasteiger partial charge is 0.408 e. The molecule has 3 aromatic heterocycles. The topological polar surface area (TPSA) is 174 Å². The second kappa shape index (κ2) is 15.8. The number of rotatable bonds is 15. The molecule has 3 fully saturated rings. The predicted octanol–water partition coefficient (Wildman–Crippen LogP) is 5.46. The molecule has 0 bridgehead atoms. The molecule has 4 N–H and O–H groups in total. The summed E-state index contributed by atoms with van der Waals surface area (Å²) < 4.78 is 13.0. The molecule has 12 nitrogen and oxygen atoms in total. The largest absolute Gasteiger partial charge is 0.487 e. The summed E-state index contributed by atoms with van der Waals surface area (Å²) in [6, 6.07) is 7.54. The number of hydrogen-bond acceptors (Lipinski definition) is 9. The summed E-state index contributed by atoms with van der Waals surface area (Å²) in [5.41, 5.74) is 7.94. The number of nitrogens with two attached hydrogens (primary N) is 1. The summed E-state index contributed by atoms with van der Waals surface area (Å²) in [4.78, 5) is 61.4. The lowest BCUT2D eigenvalue weighted by Crippen LogP contribution is -2.53. The van der Waals surface area contributed by atoms with Gasteiger partial charge in [0.25, 0.3) is 0 Å². The van der Waals surface area contributed by atoms with Gasteiger partial charge in [-0.05, 0) is 80.9 Å². The third kappa shape index (κ3) is 8.75. The van der Waals surface area contributed by atoms with E-state index in [2.05, 4.69) is 10.3 Å². The number of carboxylic acids is 1. The van der Waals surface area contributed by atoms with E-state index in [1.807, 2.05) is 47.9 Å². The Morgan fingerprint density at radius 2 is 1.92 bits per heavy atom. The number of thiophene rings is 1. The minimum Gasteiger partial charge on any atom is -0.487 e. The number of alkyl carbamates (subject to hydrolysis) is 1. The molecule has 3 aromatic rings. The predicted molar refractivity (Wildman–Crippen MR) is 184 cm³/mol. The third-order valence-corrected chi connectivity index (χ3v) is 10.5. The Kier molecular flexibility index (Phi) is 11.1. The molecule has 2 aliphatic carbocycles. The SMILES string of the molecule is NC(=O)[C@@H]1C[C@@H](Oc2cc(-c3ccccn3)nc3ccsc23)CN1C(=O)[C@H](CCCCC/C=C\[C@@H]1C[C@@H]1C(=O)O)NC(=O)OC1CCCC1. The molecule has 1 saturated heterocycles. The molecule has 3 amide bonds. The number of nitrogens with zero attached hydrogens (tertiary/aromatic N) is 3. The van der Waals surface area contributed by atoms with Gasteiger partial charge in [-0.25, -0.2) is 9.78 Å². The Bertz CT molecular complexity index is 1670. The van der Waals surface area contributed by atoms with Crippen molar-refractivity contribution in [3.63, 3.8) is 0 Å². The van der Waals surface area contributed by atoms with Crippen molar-refractivity contribution in [1.82, 2.24) is 20.2 Å². The number of carboxylic acid groups (broad SMARTS) is 1. The van der Waals surface area contributed by atoms with Crippen LogP contribution in [0.2, 0.25) is 0 Å². The zero-order valence-electron chi connectivity index (χ0n) is 27.4. The van der Waals surface area contributed by atoms with Crippen LogP contribution in [0.1, 0.15) is 70.6 Å². The number of fused-ring (bicyclic) bond motifs is 1. The van der Waals surface area contributed by atoms with Gasteiger partial charge in [0, 0.05) is 18.7 Å². The van der Waals surface area contributed by atoms with Crippen LogP contribution >= 0.6 is 11.3 Å².